The number of carbonyl (C=O) groups is 1. The molecule has 0 bridgehead atoms. The second-order valence-corrected chi connectivity index (χ2v) is 4.57. The molecule has 1 amide bonds. The number of carbonyl (C=O) groups excluding carboxylic acids is 1. The molecule has 1 fully saturated rings. The van der Waals surface area contributed by atoms with Gasteiger partial charge in [0.1, 0.15) is 5.76 Å². The number of amides is 1. The summed E-state index contributed by atoms with van der Waals surface area (Å²) in [7, 11) is 2.01. The summed E-state index contributed by atoms with van der Waals surface area (Å²) < 4.78 is 11.0. The fourth-order valence-electron chi connectivity index (χ4n) is 2.12. The molecule has 3 N–H and O–H groups in total. The lowest BCUT2D eigenvalue weighted by Crippen LogP contribution is -2.29. The second-order valence-electron chi connectivity index (χ2n) is 4.57. The summed E-state index contributed by atoms with van der Waals surface area (Å²) in [4.78, 5) is 13.4. The Kier molecular flexibility index (Phi) is 4.35. The maximum Gasteiger partial charge on any atom is 0.300 e. The number of nitrogens with zero attached hydrogens (tertiary/aromatic N) is 1. The summed E-state index contributed by atoms with van der Waals surface area (Å²) in [5.41, 5.74) is 2.04. The van der Waals surface area contributed by atoms with Crippen molar-refractivity contribution in [1.29, 1.82) is 0 Å². The second kappa shape index (κ2) is 5.99. The van der Waals surface area contributed by atoms with Crippen molar-refractivity contribution in [1.82, 2.24) is 10.3 Å². The summed E-state index contributed by atoms with van der Waals surface area (Å²) >= 11 is 0. The SMILES string of the molecule is CN(Cc1ccc(C(=O)NN)o1)CC1CCCO1. The first-order valence-corrected chi connectivity index (χ1v) is 6.09. The molecule has 1 aliphatic heterocycles. The number of ether oxygens (including phenoxy) is 1. The minimum atomic E-state index is -0.414. The highest BCUT2D eigenvalue weighted by molar-refractivity contribution is 5.90. The molecule has 0 aliphatic carbocycles. The average molecular weight is 253 g/mol. The van der Waals surface area contributed by atoms with Crippen LogP contribution in [0.2, 0.25) is 0 Å². The Bertz CT molecular complexity index is 399. The van der Waals surface area contributed by atoms with E-state index in [0.717, 1.165) is 31.8 Å². The van der Waals surface area contributed by atoms with Gasteiger partial charge in [-0.25, -0.2) is 5.84 Å². The van der Waals surface area contributed by atoms with Crippen LogP contribution in [-0.4, -0.2) is 37.1 Å². The zero-order valence-electron chi connectivity index (χ0n) is 10.5. The number of furan rings is 1. The van der Waals surface area contributed by atoms with E-state index in [4.69, 9.17) is 15.0 Å². The van der Waals surface area contributed by atoms with Crippen molar-refractivity contribution >= 4 is 5.91 Å². The van der Waals surface area contributed by atoms with E-state index >= 15 is 0 Å². The number of likely N-dealkylation sites (N-methyl/N-ethyl adjacent to an activating group) is 1. The largest absolute Gasteiger partial charge is 0.455 e. The Labute approximate surface area is 106 Å². The van der Waals surface area contributed by atoms with Crippen LogP contribution >= 0.6 is 0 Å². The number of nitrogens with two attached hydrogens (primary N) is 1. The fourth-order valence-corrected chi connectivity index (χ4v) is 2.12. The molecule has 18 heavy (non-hydrogen) atoms. The smallest absolute Gasteiger partial charge is 0.300 e. The predicted octanol–water partition coefficient (Wildman–Crippen LogP) is 0.494. The van der Waals surface area contributed by atoms with Crippen LogP contribution in [0.4, 0.5) is 0 Å². The summed E-state index contributed by atoms with van der Waals surface area (Å²) in [5, 5.41) is 0. The fraction of sp³-hybridized carbons (Fsp3) is 0.583. The molecule has 1 saturated heterocycles. The molecule has 1 atom stereocenters. The van der Waals surface area contributed by atoms with E-state index in [0.29, 0.717) is 12.6 Å². The molecule has 0 aromatic carbocycles. The molecule has 100 valence electrons. The number of rotatable bonds is 5. The number of nitrogen functional groups attached to an aromatic ring is 1. The quantitative estimate of drug-likeness (QED) is 0.453. The van der Waals surface area contributed by atoms with Gasteiger partial charge >= 0.3 is 5.91 Å². The van der Waals surface area contributed by atoms with E-state index in [1.54, 1.807) is 12.1 Å². The van der Waals surface area contributed by atoms with Crippen molar-refractivity contribution in [3.05, 3.63) is 23.7 Å². The van der Waals surface area contributed by atoms with Crippen molar-refractivity contribution in [2.24, 2.45) is 5.84 Å². The zero-order chi connectivity index (χ0) is 13.0. The summed E-state index contributed by atoms with van der Waals surface area (Å²) in [5.74, 6) is 5.60. The molecule has 2 rings (SSSR count). The summed E-state index contributed by atoms with van der Waals surface area (Å²) in [6, 6.07) is 3.41. The predicted molar refractivity (Wildman–Crippen MR) is 65.7 cm³/mol. The summed E-state index contributed by atoms with van der Waals surface area (Å²) in [6.45, 7) is 2.39. The third-order valence-electron chi connectivity index (χ3n) is 2.98. The van der Waals surface area contributed by atoms with Crippen LogP contribution < -0.4 is 11.3 Å². The third-order valence-corrected chi connectivity index (χ3v) is 2.98. The zero-order valence-corrected chi connectivity index (χ0v) is 10.5. The van der Waals surface area contributed by atoms with Gasteiger partial charge in [0.25, 0.3) is 0 Å². The maximum absolute atomic E-state index is 11.2. The van der Waals surface area contributed by atoms with Crippen molar-refractivity contribution in [3.63, 3.8) is 0 Å². The van der Waals surface area contributed by atoms with Crippen LogP contribution in [0.5, 0.6) is 0 Å². The van der Waals surface area contributed by atoms with Crippen LogP contribution in [0.15, 0.2) is 16.5 Å². The van der Waals surface area contributed by atoms with E-state index < -0.39 is 5.91 Å². The molecule has 0 radical (unpaired) electrons. The Balaban J connectivity index is 1.84. The van der Waals surface area contributed by atoms with E-state index in [-0.39, 0.29) is 5.76 Å². The van der Waals surface area contributed by atoms with Crippen LogP contribution in [0.3, 0.4) is 0 Å². The third kappa shape index (κ3) is 3.32. The molecule has 1 unspecified atom stereocenters. The van der Waals surface area contributed by atoms with Crippen LogP contribution in [0.1, 0.15) is 29.2 Å². The van der Waals surface area contributed by atoms with Gasteiger partial charge in [-0.15, -0.1) is 0 Å². The van der Waals surface area contributed by atoms with Gasteiger partial charge in [0.2, 0.25) is 0 Å². The van der Waals surface area contributed by atoms with Gasteiger partial charge in [-0.3, -0.25) is 15.1 Å². The van der Waals surface area contributed by atoms with E-state index in [1.165, 1.54) is 0 Å². The van der Waals surface area contributed by atoms with Crippen LogP contribution in [0.25, 0.3) is 0 Å². The van der Waals surface area contributed by atoms with Crippen LogP contribution in [0, 0.1) is 0 Å². The van der Waals surface area contributed by atoms with Gasteiger partial charge in [-0.1, -0.05) is 0 Å². The Morgan fingerprint density at radius 1 is 1.61 bits per heavy atom. The topological polar surface area (TPSA) is 80.7 Å². The Morgan fingerprint density at radius 2 is 2.44 bits per heavy atom. The highest BCUT2D eigenvalue weighted by atomic mass is 16.5. The number of hydrazine groups is 1. The van der Waals surface area contributed by atoms with E-state index in [9.17, 15) is 4.79 Å². The standard InChI is InChI=1S/C12H19N3O3/c1-15(7-9-3-2-6-17-9)8-10-4-5-11(18-10)12(16)14-13/h4-5,9H,2-3,6-8,13H2,1H3,(H,14,16). The van der Waals surface area contributed by atoms with E-state index in [1.807, 2.05) is 12.5 Å². The molecule has 1 aromatic rings. The molecule has 0 saturated carbocycles. The molecule has 6 heteroatoms. The van der Waals surface area contributed by atoms with Crippen LogP contribution in [-0.2, 0) is 11.3 Å². The van der Waals surface area contributed by atoms with Crippen molar-refractivity contribution in [2.75, 3.05) is 20.2 Å². The average Bonchev–Trinajstić information content (AvgIpc) is 2.99. The molecule has 2 heterocycles. The molecule has 6 nitrogen and oxygen atoms in total. The Hall–Kier alpha value is -1.37. The minimum absolute atomic E-state index is 0.234. The first kappa shape index (κ1) is 13.1. The van der Waals surface area contributed by atoms with Gasteiger partial charge in [0, 0.05) is 13.2 Å². The summed E-state index contributed by atoms with van der Waals surface area (Å²) in [6.07, 6.45) is 2.57. The number of hydrogen-bond acceptors (Lipinski definition) is 5. The normalized spacial score (nSPS) is 19.4. The monoisotopic (exact) mass is 253 g/mol. The first-order chi connectivity index (χ1) is 8.69. The lowest BCUT2D eigenvalue weighted by molar-refractivity contribution is 0.0768. The molecular formula is C12H19N3O3. The lowest BCUT2D eigenvalue weighted by atomic mass is 10.2. The highest BCUT2D eigenvalue weighted by Crippen LogP contribution is 2.15. The molecule has 1 aliphatic rings. The van der Waals surface area contributed by atoms with Crippen molar-refractivity contribution in [3.8, 4) is 0 Å². The van der Waals surface area contributed by atoms with Gasteiger partial charge in [0.05, 0.1) is 12.6 Å². The maximum atomic E-state index is 11.2. The number of hydrogen-bond donors (Lipinski definition) is 2. The van der Waals surface area contributed by atoms with Gasteiger partial charge in [-0.05, 0) is 32.0 Å². The van der Waals surface area contributed by atoms with Gasteiger partial charge in [0.15, 0.2) is 5.76 Å². The van der Waals surface area contributed by atoms with E-state index in [2.05, 4.69) is 4.90 Å². The molecular weight excluding hydrogens is 234 g/mol. The lowest BCUT2D eigenvalue weighted by Gasteiger charge is -2.19. The van der Waals surface area contributed by atoms with Gasteiger partial charge < -0.3 is 9.15 Å². The Morgan fingerprint density at radius 3 is 3.11 bits per heavy atom. The highest BCUT2D eigenvalue weighted by Gasteiger charge is 2.18. The molecule has 1 aromatic heterocycles. The first-order valence-electron chi connectivity index (χ1n) is 6.09. The van der Waals surface area contributed by atoms with Crippen molar-refractivity contribution < 1.29 is 13.9 Å². The minimum Gasteiger partial charge on any atom is -0.455 e. The molecule has 0 spiro atoms. The number of nitrogens with one attached hydrogen (secondary N) is 1. The van der Waals surface area contributed by atoms with Gasteiger partial charge in [-0.2, -0.15) is 0 Å². The van der Waals surface area contributed by atoms with Crippen molar-refractivity contribution in [2.45, 2.75) is 25.5 Å².